The molecule has 20 heavy (non-hydrogen) atoms. The Hall–Kier alpha value is -1.48. The molecule has 0 atom stereocenters. The number of nitrogens with two attached hydrogens (primary N) is 1. The highest BCUT2D eigenvalue weighted by Gasteiger charge is 2.05. The topological polar surface area (TPSA) is 44.5 Å². The van der Waals surface area contributed by atoms with Crippen molar-refractivity contribution < 1.29 is 9.47 Å². The first-order valence-corrected chi connectivity index (χ1v) is 7.51. The van der Waals surface area contributed by atoms with Gasteiger partial charge in [-0.15, -0.1) is 6.58 Å². The van der Waals surface area contributed by atoms with E-state index in [-0.39, 0.29) is 0 Å². The van der Waals surface area contributed by atoms with E-state index in [4.69, 9.17) is 15.2 Å². The lowest BCUT2D eigenvalue weighted by molar-refractivity contribution is 0.292. The maximum Gasteiger partial charge on any atom is 0.127 e. The molecule has 0 spiro atoms. The Labute approximate surface area is 122 Å². The summed E-state index contributed by atoms with van der Waals surface area (Å²) in [5, 5.41) is 0. The molecule has 0 radical (unpaired) electrons. The minimum absolute atomic E-state index is 0.486. The largest absolute Gasteiger partial charge is 0.493 e. The normalized spacial score (nSPS) is 10.3. The average Bonchev–Trinajstić information content (AvgIpc) is 2.48. The lowest BCUT2D eigenvalue weighted by Crippen LogP contribution is -2.05. The van der Waals surface area contributed by atoms with E-state index in [2.05, 4.69) is 13.5 Å². The molecule has 0 fully saturated rings. The number of unbranched alkanes of at least 4 members (excludes halogenated alkanes) is 3. The van der Waals surface area contributed by atoms with Crippen LogP contribution in [-0.2, 0) is 6.54 Å². The van der Waals surface area contributed by atoms with Crippen molar-refractivity contribution in [1.82, 2.24) is 0 Å². The zero-order valence-electron chi connectivity index (χ0n) is 12.6. The number of benzene rings is 1. The van der Waals surface area contributed by atoms with Gasteiger partial charge in [-0.2, -0.15) is 0 Å². The second-order valence-corrected chi connectivity index (χ2v) is 4.81. The molecular weight excluding hydrogens is 250 g/mol. The van der Waals surface area contributed by atoms with Gasteiger partial charge in [-0.1, -0.05) is 19.1 Å². The van der Waals surface area contributed by atoms with E-state index < -0.39 is 0 Å². The maximum absolute atomic E-state index is 5.84. The van der Waals surface area contributed by atoms with Gasteiger partial charge in [-0.25, -0.2) is 0 Å². The summed E-state index contributed by atoms with van der Waals surface area (Å²) in [5.74, 6) is 1.70. The van der Waals surface area contributed by atoms with Crippen molar-refractivity contribution in [2.24, 2.45) is 5.73 Å². The Balaban J connectivity index is 2.46. The van der Waals surface area contributed by atoms with Gasteiger partial charge in [-0.3, -0.25) is 0 Å². The summed E-state index contributed by atoms with van der Waals surface area (Å²) >= 11 is 0. The molecule has 0 heterocycles. The smallest absolute Gasteiger partial charge is 0.127 e. The van der Waals surface area contributed by atoms with Crippen LogP contribution < -0.4 is 15.2 Å². The van der Waals surface area contributed by atoms with Crippen molar-refractivity contribution in [1.29, 1.82) is 0 Å². The van der Waals surface area contributed by atoms with Crippen LogP contribution in [0.15, 0.2) is 30.9 Å². The van der Waals surface area contributed by atoms with E-state index in [1.807, 2.05) is 24.3 Å². The number of rotatable bonds is 11. The molecule has 0 aliphatic heterocycles. The third-order valence-corrected chi connectivity index (χ3v) is 3.04. The Kier molecular flexibility index (Phi) is 8.56. The lowest BCUT2D eigenvalue weighted by Gasteiger charge is -2.13. The van der Waals surface area contributed by atoms with Crippen LogP contribution in [0.5, 0.6) is 11.5 Å². The van der Waals surface area contributed by atoms with Crippen molar-refractivity contribution in [3.05, 3.63) is 36.4 Å². The summed E-state index contributed by atoms with van der Waals surface area (Å²) < 4.78 is 11.5. The molecule has 0 bridgehead atoms. The Morgan fingerprint density at radius 1 is 1.15 bits per heavy atom. The SMILES string of the molecule is C=CCCCCCOc1cc(OCCC)ccc1CN. The molecule has 1 rings (SSSR count). The molecule has 3 heteroatoms. The van der Waals surface area contributed by atoms with E-state index in [0.717, 1.165) is 56.0 Å². The van der Waals surface area contributed by atoms with Gasteiger partial charge in [-0.05, 0) is 38.2 Å². The monoisotopic (exact) mass is 277 g/mol. The summed E-state index contributed by atoms with van der Waals surface area (Å²) in [6.07, 6.45) is 7.43. The van der Waals surface area contributed by atoms with Gasteiger partial charge in [0.1, 0.15) is 11.5 Å². The van der Waals surface area contributed by atoms with Crippen molar-refractivity contribution in [3.63, 3.8) is 0 Å². The molecule has 1 aromatic rings. The minimum Gasteiger partial charge on any atom is -0.493 e. The van der Waals surface area contributed by atoms with Gasteiger partial charge < -0.3 is 15.2 Å². The van der Waals surface area contributed by atoms with E-state index in [0.29, 0.717) is 6.54 Å². The molecule has 2 N–H and O–H groups in total. The molecule has 0 unspecified atom stereocenters. The lowest BCUT2D eigenvalue weighted by atomic mass is 10.2. The van der Waals surface area contributed by atoms with Crippen LogP contribution in [-0.4, -0.2) is 13.2 Å². The molecule has 0 aromatic heterocycles. The number of allylic oxidation sites excluding steroid dienone is 1. The fraction of sp³-hybridized carbons (Fsp3) is 0.529. The highest BCUT2D eigenvalue weighted by Crippen LogP contribution is 2.25. The molecule has 0 saturated carbocycles. The summed E-state index contributed by atoms with van der Waals surface area (Å²) in [6.45, 7) is 7.75. The van der Waals surface area contributed by atoms with Gasteiger partial charge in [0, 0.05) is 18.2 Å². The first-order chi connectivity index (χ1) is 9.81. The number of ether oxygens (including phenoxy) is 2. The molecule has 1 aromatic carbocycles. The van der Waals surface area contributed by atoms with Crippen LogP contribution in [0.2, 0.25) is 0 Å². The zero-order valence-corrected chi connectivity index (χ0v) is 12.6. The average molecular weight is 277 g/mol. The standard InChI is InChI=1S/C17H27NO2/c1-3-5-6-7-8-12-20-17-13-16(19-11-4-2)10-9-15(17)14-18/h3,9-10,13H,1,4-8,11-12,14,18H2,2H3. The summed E-state index contributed by atoms with van der Waals surface area (Å²) in [6, 6.07) is 5.88. The van der Waals surface area contributed by atoms with Gasteiger partial charge in [0.05, 0.1) is 13.2 Å². The van der Waals surface area contributed by atoms with Crippen molar-refractivity contribution in [2.75, 3.05) is 13.2 Å². The molecule has 0 aliphatic carbocycles. The van der Waals surface area contributed by atoms with Gasteiger partial charge in [0.2, 0.25) is 0 Å². The fourth-order valence-corrected chi connectivity index (χ4v) is 1.90. The van der Waals surface area contributed by atoms with Crippen molar-refractivity contribution in [2.45, 2.75) is 45.6 Å². The second-order valence-electron chi connectivity index (χ2n) is 4.81. The van der Waals surface area contributed by atoms with Crippen molar-refractivity contribution in [3.8, 4) is 11.5 Å². The van der Waals surface area contributed by atoms with E-state index in [1.165, 1.54) is 6.42 Å². The van der Waals surface area contributed by atoms with Crippen molar-refractivity contribution >= 4 is 0 Å². The molecule has 0 saturated heterocycles. The van der Waals surface area contributed by atoms with Crippen LogP contribution in [0.1, 0.15) is 44.6 Å². The molecule has 0 aliphatic rings. The Morgan fingerprint density at radius 2 is 2.00 bits per heavy atom. The Bertz CT molecular complexity index is 391. The van der Waals surface area contributed by atoms with Crippen LogP contribution in [0.25, 0.3) is 0 Å². The Morgan fingerprint density at radius 3 is 2.70 bits per heavy atom. The van der Waals surface area contributed by atoms with Crippen LogP contribution in [0.4, 0.5) is 0 Å². The minimum atomic E-state index is 0.486. The van der Waals surface area contributed by atoms with Gasteiger partial charge >= 0.3 is 0 Å². The maximum atomic E-state index is 5.84. The first-order valence-electron chi connectivity index (χ1n) is 7.51. The van der Waals surface area contributed by atoms with Crippen LogP contribution in [0.3, 0.4) is 0 Å². The summed E-state index contributed by atoms with van der Waals surface area (Å²) in [7, 11) is 0. The van der Waals surface area contributed by atoms with Crippen LogP contribution >= 0.6 is 0 Å². The zero-order chi connectivity index (χ0) is 14.6. The van der Waals surface area contributed by atoms with E-state index in [1.54, 1.807) is 0 Å². The number of hydrogen-bond acceptors (Lipinski definition) is 3. The molecule has 0 amide bonds. The molecule has 112 valence electrons. The van der Waals surface area contributed by atoms with E-state index >= 15 is 0 Å². The quantitative estimate of drug-likeness (QED) is 0.490. The second kappa shape index (κ2) is 10.3. The predicted octanol–water partition coefficient (Wildman–Crippen LogP) is 4.06. The van der Waals surface area contributed by atoms with Crippen LogP contribution in [0, 0.1) is 0 Å². The number of hydrogen-bond donors (Lipinski definition) is 1. The summed E-state index contributed by atoms with van der Waals surface area (Å²) in [5.41, 5.74) is 6.77. The van der Waals surface area contributed by atoms with E-state index in [9.17, 15) is 0 Å². The first kappa shape index (κ1) is 16.6. The fourth-order valence-electron chi connectivity index (χ4n) is 1.90. The molecular formula is C17H27NO2. The third kappa shape index (κ3) is 6.11. The predicted molar refractivity (Wildman–Crippen MR) is 84.3 cm³/mol. The molecule has 3 nitrogen and oxygen atoms in total. The third-order valence-electron chi connectivity index (χ3n) is 3.04. The van der Waals surface area contributed by atoms with Gasteiger partial charge in [0.15, 0.2) is 0 Å². The highest BCUT2D eigenvalue weighted by atomic mass is 16.5. The summed E-state index contributed by atoms with van der Waals surface area (Å²) in [4.78, 5) is 0. The highest BCUT2D eigenvalue weighted by molar-refractivity contribution is 5.40. The van der Waals surface area contributed by atoms with Gasteiger partial charge in [0.25, 0.3) is 0 Å².